The molecule has 0 N–H and O–H groups in total. The molecular weight excluding hydrogens is 396 g/mol. The summed E-state index contributed by atoms with van der Waals surface area (Å²) in [6.07, 6.45) is 12.5. The summed E-state index contributed by atoms with van der Waals surface area (Å²) >= 11 is 0. The van der Waals surface area contributed by atoms with Crippen molar-refractivity contribution < 1.29 is 13.2 Å². The van der Waals surface area contributed by atoms with Crippen molar-refractivity contribution in [3.63, 3.8) is 0 Å². The maximum absolute atomic E-state index is 12.7. The molecule has 4 bridgehead atoms. The first kappa shape index (κ1) is 20.3. The van der Waals surface area contributed by atoms with E-state index < -0.39 is 10.0 Å². The van der Waals surface area contributed by atoms with Gasteiger partial charge in [-0.05, 0) is 98.7 Å². The quantitative estimate of drug-likeness (QED) is 0.711. The summed E-state index contributed by atoms with van der Waals surface area (Å²) in [7, 11) is -3.52. The first-order valence-electron chi connectivity index (χ1n) is 11.7. The summed E-state index contributed by atoms with van der Waals surface area (Å²) in [5.41, 5.74) is 2.28. The summed E-state index contributed by atoms with van der Waals surface area (Å²) in [6.45, 7) is 1.37. The molecular formula is C24H34N2O3S. The van der Waals surface area contributed by atoms with Crippen molar-refractivity contribution in [3.05, 3.63) is 29.8 Å². The number of amides is 1. The van der Waals surface area contributed by atoms with Gasteiger partial charge < -0.3 is 4.90 Å². The Kier molecular flexibility index (Phi) is 5.11. The maximum Gasteiger partial charge on any atom is 0.243 e. The number of sulfonamides is 1. The standard InChI is InChI=1S/C24H34N2O3S/c1-30(28,29)26(17-23(27)25-9-3-2-4-10-25)22-7-5-21(6-8-22)24-14-18-11-19(15-24)13-20(12-18)16-24/h5-8,18-20H,2-4,9-17H2,1H3. The second-order valence-electron chi connectivity index (χ2n) is 10.5. The van der Waals surface area contributed by atoms with Gasteiger partial charge in [-0.25, -0.2) is 8.42 Å². The van der Waals surface area contributed by atoms with Crippen LogP contribution in [0.5, 0.6) is 0 Å². The molecule has 6 heteroatoms. The van der Waals surface area contributed by atoms with Crippen molar-refractivity contribution in [2.75, 3.05) is 30.2 Å². The molecule has 6 rings (SSSR count). The third-order valence-electron chi connectivity index (χ3n) is 8.19. The molecule has 0 unspecified atom stereocenters. The second kappa shape index (κ2) is 7.54. The Hall–Kier alpha value is -1.56. The number of anilines is 1. The number of carbonyl (C=O) groups is 1. The normalized spacial score (nSPS) is 33.0. The predicted octanol–water partition coefficient (Wildman–Crippen LogP) is 3.93. The number of hydrogen-bond acceptors (Lipinski definition) is 3. The molecule has 0 aromatic heterocycles. The smallest absolute Gasteiger partial charge is 0.243 e. The van der Waals surface area contributed by atoms with E-state index in [4.69, 9.17) is 0 Å². The van der Waals surface area contributed by atoms with E-state index in [2.05, 4.69) is 12.1 Å². The van der Waals surface area contributed by atoms with Gasteiger partial charge in [-0.2, -0.15) is 0 Å². The van der Waals surface area contributed by atoms with E-state index in [9.17, 15) is 13.2 Å². The summed E-state index contributed by atoms with van der Waals surface area (Å²) in [5.74, 6) is 2.55. The number of carbonyl (C=O) groups excluding carboxylic acids is 1. The molecule has 0 radical (unpaired) electrons. The van der Waals surface area contributed by atoms with E-state index in [0.717, 1.165) is 50.1 Å². The lowest BCUT2D eigenvalue weighted by atomic mass is 9.48. The molecule has 1 amide bonds. The Balaban J connectivity index is 1.36. The lowest BCUT2D eigenvalue weighted by Gasteiger charge is -2.57. The van der Waals surface area contributed by atoms with Crippen molar-refractivity contribution in [3.8, 4) is 0 Å². The topological polar surface area (TPSA) is 57.7 Å². The van der Waals surface area contributed by atoms with Gasteiger partial charge in [-0.1, -0.05) is 12.1 Å². The first-order chi connectivity index (χ1) is 14.3. The molecule has 5 aliphatic rings. The average Bonchev–Trinajstić information content (AvgIpc) is 2.71. The van der Waals surface area contributed by atoms with E-state index in [0.29, 0.717) is 11.1 Å². The Morgan fingerprint density at radius 1 is 0.967 bits per heavy atom. The molecule has 1 aromatic carbocycles. The van der Waals surface area contributed by atoms with Gasteiger partial charge in [0, 0.05) is 13.1 Å². The molecule has 1 aromatic rings. The van der Waals surface area contributed by atoms with Crippen LogP contribution in [0, 0.1) is 17.8 Å². The van der Waals surface area contributed by atoms with Gasteiger partial charge >= 0.3 is 0 Å². The maximum atomic E-state index is 12.7. The zero-order chi connectivity index (χ0) is 20.9. The molecule has 0 atom stereocenters. The van der Waals surface area contributed by atoms with E-state index in [1.165, 1.54) is 54.6 Å². The Morgan fingerprint density at radius 2 is 1.50 bits per heavy atom. The highest BCUT2D eigenvalue weighted by molar-refractivity contribution is 7.92. The van der Waals surface area contributed by atoms with Crippen molar-refractivity contribution in [1.82, 2.24) is 4.90 Å². The van der Waals surface area contributed by atoms with Crippen LogP contribution in [0.3, 0.4) is 0 Å². The summed E-state index contributed by atoms with van der Waals surface area (Å²) < 4.78 is 26.3. The van der Waals surface area contributed by atoms with Crippen molar-refractivity contribution >= 4 is 21.6 Å². The van der Waals surface area contributed by atoms with Gasteiger partial charge in [0.25, 0.3) is 0 Å². The molecule has 0 spiro atoms. The van der Waals surface area contributed by atoms with Crippen LogP contribution >= 0.6 is 0 Å². The summed E-state index contributed by atoms with van der Waals surface area (Å²) in [5, 5.41) is 0. The summed E-state index contributed by atoms with van der Waals surface area (Å²) in [4.78, 5) is 14.6. The number of benzene rings is 1. The third-order valence-corrected chi connectivity index (χ3v) is 9.33. The van der Waals surface area contributed by atoms with Crippen LogP contribution in [0.1, 0.15) is 63.4 Å². The van der Waals surface area contributed by atoms with E-state index in [-0.39, 0.29) is 12.5 Å². The van der Waals surface area contributed by atoms with E-state index in [1.807, 2.05) is 17.0 Å². The Bertz CT molecular complexity index is 868. The Labute approximate surface area is 180 Å². The second-order valence-corrected chi connectivity index (χ2v) is 12.4. The minimum absolute atomic E-state index is 0.0923. The minimum atomic E-state index is -3.52. The molecule has 30 heavy (non-hydrogen) atoms. The van der Waals surface area contributed by atoms with Crippen LogP contribution < -0.4 is 4.31 Å². The van der Waals surface area contributed by atoms with Gasteiger partial charge in [0.05, 0.1) is 11.9 Å². The molecule has 5 fully saturated rings. The SMILES string of the molecule is CS(=O)(=O)N(CC(=O)N1CCCCC1)c1ccc(C23CC4CC(CC(C4)C2)C3)cc1. The highest BCUT2D eigenvalue weighted by Crippen LogP contribution is 2.60. The monoisotopic (exact) mass is 430 g/mol. The van der Waals surface area contributed by atoms with Crippen LogP contribution in [-0.2, 0) is 20.2 Å². The molecule has 1 aliphatic heterocycles. The van der Waals surface area contributed by atoms with E-state index in [1.54, 1.807) is 0 Å². The van der Waals surface area contributed by atoms with Crippen LogP contribution in [0.25, 0.3) is 0 Å². The van der Waals surface area contributed by atoms with Crippen molar-refractivity contribution in [2.45, 2.75) is 63.2 Å². The van der Waals surface area contributed by atoms with Gasteiger partial charge in [-0.3, -0.25) is 9.10 Å². The number of likely N-dealkylation sites (tertiary alicyclic amines) is 1. The van der Waals surface area contributed by atoms with Gasteiger partial charge in [0.15, 0.2) is 0 Å². The van der Waals surface area contributed by atoms with Crippen LogP contribution in [0.15, 0.2) is 24.3 Å². The fourth-order valence-electron chi connectivity index (χ4n) is 7.21. The van der Waals surface area contributed by atoms with Crippen molar-refractivity contribution in [1.29, 1.82) is 0 Å². The number of rotatable bonds is 5. The lowest BCUT2D eigenvalue weighted by Crippen LogP contribution is -2.48. The molecule has 5 nitrogen and oxygen atoms in total. The number of hydrogen-bond donors (Lipinski definition) is 0. The van der Waals surface area contributed by atoms with Gasteiger partial charge in [0.2, 0.25) is 15.9 Å². The third kappa shape index (κ3) is 3.76. The average molecular weight is 431 g/mol. The van der Waals surface area contributed by atoms with Crippen LogP contribution in [-0.4, -0.2) is 45.1 Å². The van der Waals surface area contributed by atoms with Crippen LogP contribution in [0.2, 0.25) is 0 Å². The predicted molar refractivity (Wildman–Crippen MR) is 119 cm³/mol. The number of nitrogens with zero attached hydrogens (tertiary/aromatic N) is 2. The fourth-order valence-corrected chi connectivity index (χ4v) is 8.06. The molecule has 4 saturated carbocycles. The highest BCUT2D eigenvalue weighted by atomic mass is 32.2. The lowest BCUT2D eigenvalue weighted by molar-refractivity contribution is -0.130. The number of piperidine rings is 1. The van der Waals surface area contributed by atoms with Crippen LogP contribution in [0.4, 0.5) is 5.69 Å². The van der Waals surface area contributed by atoms with Gasteiger partial charge in [0.1, 0.15) is 6.54 Å². The Morgan fingerprint density at radius 3 is 2.00 bits per heavy atom. The first-order valence-corrected chi connectivity index (χ1v) is 13.5. The van der Waals surface area contributed by atoms with Gasteiger partial charge in [-0.15, -0.1) is 0 Å². The largest absolute Gasteiger partial charge is 0.341 e. The minimum Gasteiger partial charge on any atom is -0.341 e. The fraction of sp³-hybridized carbons (Fsp3) is 0.708. The summed E-state index contributed by atoms with van der Waals surface area (Å²) in [6, 6.07) is 8.15. The zero-order valence-corrected chi connectivity index (χ0v) is 18.9. The molecule has 1 saturated heterocycles. The zero-order valence-electron chi connectivity index (χ0n) is 18.1. The molecule has 4 aliphatic carbocycles. The van der Waals surface area contributed by atoms with E-state index >= 15 is 0 Å². The van der Waals surface area contributed by atoms with Crippen molar-refractivity contribution in [2.24, 2.45) is 17.8 Å². The molecule has 1 heterocycles. The highest BCUT2D eigenvalue weighted by Gasteiger charge is 2.51. The molecule has 164 valence electrons.